The molecule has 1 atom stereocenters. The van der Waals surface area contributed by atoms with Crippen molar-refractivity contribution in [3.05, 3.63) is 43.9 Å². The molecule has 0 fully saturated rings. The van der Waals surface area contributed by atoms with Crippen LogP contribution in [0.25, 0.3) is 0 Å². The van der Waals surface area contributed by atoms with Gasteiger partial charge in [0.25, 0.3) is 0 Å². The topological polar surface area (TPSA) is 25.2 Å². The number of rotatable bonds is 3. The van der Waals surface area contributed by atoms with E-state index in [0.717, 1.165) is 19.4 Å². The fourth-order valence-electron chi connectivity index (χ4n) is 1.40. The Bertz CT molecular complexity index is 454. The maximum absolute atomic E-state index is 5.91. The Morgan fingerprint density at radius 2 is 2.27 bits per heavy atom. The summed E-state index contributed by atoms with van der Waals surface area (Å²) in [7, 11) is 1.90. The fraction of sp³-hybridized carbons (Fsp3) is 0.200. The molecule has 2 nitrogen and oxygen atoms in total. The van der Waals surface area contributed by atoms with Crippen LogP contribution in [0.1, 0.15) is 16.7 Å². The molecule has 0 aromatic carbocycles. The van der Waals surface area contributed by atoms with Crippen LogP contribution in [0, 0.1) is 0 Å². The van der Waals surface area contributed by atoms with E-state index in [-0.39, 0.29) is 6.04 Å². The van der Waals surface area contributed by atoms with E-state index in [9.17, 15) is 0 Å². The molecular weight excluding hydrogens is 298 g/mol. The highest BCUT2D eigenvalue weighted by atomic mass is 79.9. The summed E-state index contributed by atoms with van der Waals surface area (Å²) < 4.78 is 7.18. The lowest BCUT2D eigenvalue weighted by molar-refractivity contribution is 0.464. The van der Waals surface area contributed by atoms with Crippen LogP contribution in [0.3, 0.4) is 0 Å². The van der Waals surface area contributed by atoms with Gasteiger partial charge in [-0.1, -0.05) is 11.6 Å². The molecule has 0 spiro atoms. The van der Waals surface area contributed by atoms with Crippen LogP contribution in [0.4, 0.5) is 0 Å². The van der Waals surface area contributed by atoms with Gasteiger partial charge in [-0.2, -0.15) is 0 Å². The molecule has 2 heterocycles. The minimum Gasteiger partial charge on any atom is -0.466 e. The summed E-state index contributed by atoms with van der Waals surface area (Å²) in [6, 6.07) is 5.83. The quantitative estimate of drug-likeness (QED) is 0.925. The van der Waals surface area contributed by atoms with Gasteiger partial charge < -0.3 is 9.73 Å². The molecule has 0 aliphatic heterocycles. The second kappa shape index (κ2) is 4.70. The zero-order valence-electron chi connectivity index (χ0n) is 7.96. The minimum atomic E-state index is 0.0480. The van der Waals surface area contributed by atoms with Crippen molar-refractivity contribution in [3.8, 4) is 0 Å². The van der Waals surface area contributed by atoms with E-state index in [4.69, 9.17) is 16.0 Å². The maximum atomic E-state index is 5.91. The van der Waals surface area contributed by atoms with Gasteiger partial charge in [0, 0.05) is 4.88 Å². The Hall–Kier alpha value is -0.290. The van der Waals surface area contributed by atoms with E-state index >= 15 is 0 Å². The number of hydrogen-bond acceptors (Lipinski definition) is 3. The van der Waals surface area contributed by atoms with Crippen LogP contribution in [0.5, 0.6) is 0 Å². The average molecular weight is 307 g/mol. The van der Waals surface area contributed by atoms with Gasteiger partial charge in [-0.05, 0) is 41.2 Å². The molecule has 1 N–H and O–H groups in total. The highest BCUT2D eigenvalue weighted by Crippen LogP contribution is 2.34. The number of halogens is 2. The predicted molar refractivity (Wildman–Crippen MR) is 66.6 cm³/mol. The molecule has 0 aliphatic carbocycles. The molecule has 0 aliphatic rings. The van der Waals surface area contributed by atoms with Crippen molar-refractivity contribution in [1.29, 1.82) is 0 Å². The largest absolute Gasteiger partial charge is 0.466 e. The zero-order chi connectivity index (χ0) is 10.8. The van der Waals surface area contributed by atoms with Gasteiger partial charge in [-0.3, -0.25) is 0 Å². The van der Waals surface area contributed by atoms with Crippen molar-refractivity contribution in [2.45, 2.75) is 6.04 Å². The van der Waals surface area contributed by atoms with Gasteiger partial charge in [-0.25, -0.2) is 0 Å². The molecule has 0 amide bonds. The fourth-order valence-corrected chi connectivity index (χ4v) is 3.00. The molecule has 15 heavy (non-hydrogen) atoms. The Balaban J connectivity index is 2.36. The van der Waals surface area contributed by atoms with E-state index in [1.165, 1.54) is 0 Å². The lowest BCUT2D eigenvalue weighted by Crippen LogP contribution is -2.16. The SMILES string of the molecule is CNC(c1ccc(Cl)s1)c1occc1Br. The third-order valence-electron chi connectivity index (χ3n) is 2.07. The number of furan rings is 1. The Labute approximate surface area is 105 Å². The monoisotopic (exact) mass is 305 g/mol. The standard InChI is InChI=1S/C10H9BrClNOS/c1-13-9(7-2-3-8(12)15-7)10-6(11)4-5-14-10/h2-5,9,13H,1H3. The van der Waals surface area contributed by atoms with Crippen molar-refractivity contribution < 1.29 is 4.42 Å². The summed E-state index contributed by atoms with van der Waals surface area (Å²) >= 11 is 10.9. The molecule has 2 rings (SSSR count). The van der Waals surface area contributed by atoms with E-state index in [1.807, 2.05) is 25.2 Å². The Morgan fingerprint density at radius 1 is 1.47 bits per heavy atom. The maximum Gasteiger partial charge on any atom is 0.140 e. The first kappa shape index (κ1) is 11.2. The molecule has 0 bridgehead atoms. The summed E-state index contributed by atoms with van der Waals surface area (Å²) in [6.07, 6.45) is 1.67. The summed E-state index contributed by atoms with van der Waals surface area (Å²) in [6.45, 7) is 0. The lowest BCUT2D eigenvalue weighted by atomic mass is 10.2. The first-order valence-corrected chi connectivity index (χ1v) is 6.36. The molecule has 0 saturated carbocycles. The van der Waals surface area contributed by atoms with E-state index in [1.54, 1.807) is 17.6 Å². The molecule has 80 valence electrons. The molecule has 0 saturated heterocycles. The van der Waals surface area contributed by atoms with Gasteiger partial charge in [0.15, 0.2) is 0 Å². The molecule has 1 unspecified atom stereocenters. The number of thiophene rings is 1. The first-order chi connectivity index (χ1) is 7.22. The molecule has 2 aromatic heterocycles. The third-order valence-corrected chi connectivity index (χ3v) is 4.03. The highest BCUT2D eigenvalue weighted by Gasteiger charge is 2.19. The van der Waals surface area contributed by atoms with Crippen LogP contribution < -0.4 is 5.32 Å². The molecule has 2 aromatic rings. The smallest absolute Gasteiger partial charge is 0.140 e. The van der Waals surface area contributed by atoms with Gasteiger partial charge in [0.2, 0.25) is 0 Å². The summed E-state index contributed by atoms with van der Waals surface area (Å²) in [5.74, 6) is 0.871. The van der Waals surface area contributed by atoms with E-state index < -0.39 is 0 Å². The van der Waals surface area contributed by atoms with Gasteiger partial charge in [0.1, 0.15) is 11.8 Å². The van der Waals surface area contributed by atoms with Crippen molar-refractivity contribution in [2.75, 3.05) is 7.05 Å². The van der Waals surface area contributed by atoms with Crippen LogP contribution >= 0.6 is 38.9 Å². The van der Waals surface area contributed by atoms with Crippen molar-refractivity contribution in [3.63, 3.8) is 0 Å². The van der Waals surface area contributed by atoms with Gasteiger partial charge in [-0.15, -0.1) is 11.3 Å². The van der Waals surface area contributed by atoms with Crippen LogP contribution in [-0.4, -0.2) is 7.05 Å². The van der Waals surface area contributed by atoms with E-state index in [2.05, 4.69) is 21.2 Å². The van der Waals surface area contributed by atoms with Crippen molar-refractivity contribution >= 4 is 38.9 Å². The van der Waals surface area contributed by atoms with E-state index in [0.29, 0.717) is 0 Å². The number of nitrogens with one attached hydrogen (secondary N) is 1. The minimum absolute atomic E-state index is 0.0480. The predicted octanol–water partition coefficient (Wildman–Crippen LogP) is 4.07. The first-order valence-electron chi connectivity index (χ1n) is 4.37. The second-order valence-electron chi connectivity index (χ2n) is 3.00. The normalized spacial score (nSPS) is 13.0. The van der Waals surface area contributed by atoms with Crippen molar-refractivity contribution in [2.24, 2.45) is 0 Å². The molecule has 5 heteroatoms. The second-order valence-corrected chi connectivity index (χ2v) is 5.60. The van der Waals surface area contributed by atoms with Crippen molar-refractivity contribution in [1.82, 2.24) is 5.32 Å². The Morgan fingerprint density at radius 3 is 2.73 bits per heavy atom. The highest BCUT2D eigenvalue weighted by molar-refractivity contribution is 9.10. The summed E-state index contributed by atoms with van der Waals surface area (Å²) in [5, 5.41) is 3.20. The summed E-state index contributed by atoms with van der Waals surface area (Å²) in [5.41, 5.74) is 0. The number of hydrogen-bond donors (Lipinski definition) is 1. The van der Waals surface area contributed by atoms with Gasteiger partial charge >= 0.3 is 0 Å². The third kappa shape index (κ3) is 2.28. The molecule has 0 radical (unpaired) electrons. The average Bonchev–Trinajstić information content (AvgIpc) is 2.79. The Kier molecular flexibility index (Phi) is 3.51. The summed E-state index contributed by atoms with van der Waals surface area (Å²) in [4.78, 5) is 1.14. The zero-order valence-corrected chi connectivity index (χ0v) is 11.1. The van der Waals surface area contributed by atoms with Gasteiger partial charge in [0.05, 0.1) is 15.1 Å². The van der Waals surface area contributed by atoms with Crippen LogP contribution in [-0.2, 0) is 0 Å². The van der Waals surface area contributed by atoms with Crippen LogP contribution in [0.15, 0.2) is 33.4 Å². The van der Waals surface area contributed by atoms with Crippen LogP contribution in [0.2, 0.25) is 4.34 Å². The molecular formula is C10H9BrClNOS. The lowest BCUT2D eigenvalue weighted by Gasteiger charge is -2.11.